The van der Waals surface area contributed by atoms with Crippen LogP contribution in [0, 0.1) is 28.6 Å². The molecule has 0 bridgehead atoms. The maximum Gasteiger partial charge on any atom is 0.335 e. The number of hydrogen-bond acceptors (Lipinski definition) is 5. The number of hydrogen-bond donors (Lipinski definition) is 3. The Morgan fingerprint density at radius 3 is 2.59 bits per heavy atom. The Labute approximate surface area is 172 Å². The Hall–Kier alpha value is -1.17. The first kappa shape index (κ1) is 19.8. The number of aliphatic hydroxyl groups is 3. The summed E-state index contributed by atoms with van der Waals surface area (Å²) in [5, 5.41) is 33.8. The van der Waals surface area contributed by atoms with Crippen LogP contribution in [-0.4, -0.2) is 33.1 Å². The van der Waals surface area contributed by atoms with Crippen molar-refractivity contribution in [3.05, 3.63) is 34.4 Å². The molecule has 29 heavy (non-hydrogen) atoms. The molecule has 0 radical (unpaired) electrons. The van der Waals surface area contributed by atoms with Crippen molar-refractivity contribution in [3.8, 4) is 0 Å². The molecular formula is C24H34O5. The highest BCUT2D eigenvalue weighted by Crippen LogP contribution is 2.70. The number of aliphatic hydroxyl groups excluding tert-OH is 2. The van der Waals surface area contributed by atoms with E-state index in [4.69, 9.17) is 4.42 Å². The van der Waals surface area contributed by atoms with Crippen molar-refractivity contribution in [2.75, 3.05) is 0 Å². The van der Waals surface area contributed by atoms with E-state index in [0.29, 0.717) is 12.3 Å². The van der Waals surface area contributed by atoms with Gasteiger partial charge < -0.3 is 19.7 Å². The largest absolute Gasteiger partial charge is 0.431 e. The lowest BCUT2D eigenvalue weighted by atomic mass is 9.42. The summed E-state index contributed by atoms with van der Waals surface area (Å²) in [6.45, 7) is 4.43. The van der Waals surface area contributed by atoms with E-state index < -0.39 is 17.1 Å². The maximum atomic E-state index is 12.2. The van der Waals surface area contributed by atoms with Crippen LogP contribution in [0.5, 0.6) is 0 Å². The molecule has 0 aromatic carbocycles. The van der Waals surface area contributed by atoms with Gasteiger partial charge in [-0.25, -0.2) is 4.79 Å². The van der Waals surface area contributed by atoms with Gasteiger partial charge in [-0.05, 0) is 92.1 Å². The van der Waals surface area contributed by atoms with Crippen LogP contribution in [0.1, 0.15) is 76.7 Å². The molecule has 6 unspecified atom stereocenters. The Kier molecular flexibility index (Phi) is 4.37. The molecule has 1 aromatic heterocycles. The average molecular weight is 403 g/mol. The fraction of sp³-hybridized carbons (Fsp3) is 0.792. The molecule has 0 aliphatic heterocycles. The fourth-order valence-electron chi connectivity index (χ4n) is 8.41. The maximum absolute atomic E-state index is 12.2. The first-order valence-corrected chi connectivity index (χ1v) is 11.4. The van der Waals surface area contributed by atoms with Crippen LogP contribution in [0.4, 0.5) is 0 Å². The van der Waals surface area contributed by atoms with E-state index in [-0.39, 0.29) is 34.9 Å². The molecule has 4 saturated carbocycles. The van der Waals surface area contributed by atoms with E-state index in [9.17, 15) is 20.1 Å². The number of fused-ring (bicyclic) bond motifs is 5. The van der Waals surface area contributed by atoms with Crippen molar-refractivity contribution in [1.82, 2.24) is 0 Å². The molecule has 0 amide bonds. The van der Waals surface area contributed by atoms with E-state index >= 15 is 0 Å². The van der Waals surface area contributed by atoms with Crippen molar-refractivity contribution >= 4 is 0 Å². The van der Waals surface area contributed by atoms with Crippen LogP contribution in [0.15, 0.2) is 27.6 Å². The lowest BCUT2D eigenvalue weighted by Gasteiger charge is -2.65. The van der Waals surface area contributed by atoms with Gasteiger partial charge in [0.05, 0.1) is 24.1 Å². The predicted molar refractivity (Wildman–Crippen MR) is 108 cm³/mol. The Morgan fingerprint density at radius 2 is 1.86 bits per heavy atom. The summed E-state index contributed by atoms with van der Waals surface area (Å²) >= 11 is 0. The van der Waals surface area contributed by atoms with E-state index in [1.807, 2.05) is 6.07 Å². The summed E-state index contributed by atoms with van der Waals surface area (Å²) in [4.78, 5) is 11.4. The van der Waals surface area contributed by atoms with Crippen molar-refractivity contribution < 1.29 is 19.7 Å². The molecule has 160 valence electrons. The van der Waals surface area contributed by atoms with Gasteiger partial charge in [0.25, 0.3) is 0 Å². The van der Waals surface area contributed by atoms with E-state index in [0.717, 1.165) is 50.5 Å². The summed E-state index contributed by atoms with van der Waals surface area (Å²) in [6, 6.07) is 3.28. The molecule has 0 saturated heterocycles. The van der Waals surface area contributed by atoms with Crippen molar-refractivity contribution in [3.63, 3.8) is 0 Å². The number of rotatable bonds is 1. The summed E-state index contributed by atoms with van der Waals surface area (Å²) in [7, 11) is 0. The van der Waals surface area contributed by atoms with Crippen LogP contribution in [-0.2, 0) is 0 Å². The molecule has 4 fully saturated rings. The van der Waals surface area contributed by atoms with Gasteiger partial charge in [-0.15, -0.1) is 0 Å². The van der Waals surface area contributed by atoms with Gasteiger partial charge in [-0.2, -0.15) is 0 Å². The highest BCUT2D eigenvalue weighted by molar-refractivity contribution is 5.28. The summed E-state index contributed by atoms with van der Waals surface area (Å²) < 4.78 is 5.14. The molecule has 1 heterocycles. The summed E-state index contributed by atoms with van der Waals surface area (Å²) in [5.74, 6) is 0.662. The zero-order chi connectivity index (χ0) is 20.6. The molecule has 5 nitrogen and oxygen atoms in total. The zero-order valence-electron chi connectivity index (χ0n) is 17.5. The van der Waals surface area contributed by atoms with E-state index in [2.05, 4.69) is 13.8 Å². The third-order valence-electron chi connectivity index (χ3n) is 9.89. The monoisotopic (exact) mass is 402 g/mol. The van der Waals surface area contributed by atoms with Crippen LogP contribution in [0.2, 0.25) is 0 Å². The second-order valence-electron chi connectivity index (χ2n) is 10.9. The molecule has 1 aromatic rings. The first-order chi connectivity index (χ1) is 13.7. The third-order valence-corrected chi connectivity index (χ3v) is 9.89. The van der Waals surface area contributed by atoms with Gasteiger partial charge >= 0.3 is 5.63 Å². The molecule has 9 atom stereocenters. The normalized spacial score (nSPS) is 51.8. The average Bonchev–Trinajstić information content (AvgIpc) is 2.94. The minimum absolute atomic E-state index is 0.0176. The molecule has 0 spiro atoms. The van der Waals surface area contributed by atoms with Crippen LogP contribution in [0.25, 0.3) is 0 Å². The first-order valence-electron chi connectivity index (χ1n) is 11.4. The van der Waals surface area contributed by atoms with Gasteiger partial charge in [0.1, 0.15) is 0 Å². The van der Waals surface area contributed by atoms with Gasteiger partial charge in [-0.1, -0.05) is 13.8 Å². The van der Waals surface area contributed by atoms with Crippen molar-refractivity contribution in [1.29, 1.82) is 0 Å². The quantitative estimate of drug-likeness (QED) is 0.671. The Morgan fingerprint density at radius 1 is 1.07 bits per heavy atom. The highest BCUT2D eigenvalue weighted by atomic mass is 16.4. The highest BCUT2D eigenvalue weighted by Gasteiger charge is 2.69. The lowest BCUT2D eigenvalue weighted by molar-refractivity contribution is -0.239. The molecule has 5 heteroatoms. The standard InChI is InChI=1S/C24H34O5/c1-22-9-7-16(25)11-15(22)4-5-18-21(22)19(26)12-23(2)17(8-10-24(18,23)28)14-3-6-20(27)29-13-14/h3,6,13,15-19,21,25-26,28H,4-5,7-12H2,1-2H3/t15?,16?,17?,18?,19?,21?,22-,23+,24-/m0/s1. The zero-order valence-corrected chi connectivity index (χ0v) is 17.5. The summed E-state index contributed by atoms with van der Waals surface area (Å²) in [6.07, 6.45) is 7.49. The van der Waals surface area contributed by atoms with E-state index in [1.165, 1.54) is 6.07 Å². The Balaban J connectivity index is 1.52. The van der Waals surface area contributed by atoms with Crippen LogP contribution >= 0.6 is 0 Å². The minimum Gasteiger partial charge on any atom is -0.431 e. The lowest BCUT2D eigenvalue weighted by Crippen LogP contribution is -2.66. The van der Waals surface area contributed by atoms with Crippen molar-refractivity contribution in [2.24, 2.45) is 28.6 Å². The smallest absolute Gasteiger partial charge is 0.335 e. The second-order valence-corrected chi connectivity index (χ2v) is 10.9. The molecule has 3 N–H and O–H groups in total. The van der Waals surface area contributed by atoms with Gasteiger partial charge in [0, 0.05) is 11.5 Å². The molecule has 4 aliphatic carbocycles. The fourth-order valence-corrected chi connectivity index (χ4v) is 8.41. The molecule has 4 aliphatic rings. The van der Waals surface area contributed by atoms with Crippen molar-refractivity contribution in [2.45, 2.75) is 88.9 Å². The molecular weight excluding hydrogens is 368 g/mol. The third kappa shape index (κ3) is 2.60. The molecule has 5 rings (SSSR count). The van der Waals surface area contributed by atoms with Crippen LogP contribution in [0.3, 0.4) is 0 Å². The summed E-state index contributed by atoms with van der Waals surface area (Å²) in [5.41, 5.74) is -0.681. The van der Waals surface area contributed by atoms with Gasteiger partial charge in [0.2, 0.25) is 0 Å². The van der Waals surface area contributed by atoms with Crippen LogP contribution < -0.4 is 5.63 Å². The van der Waals surface area contributed by atoms with Gasteiger partial charge in [0.15, 0.2) is 0 Å². The predicted octanol–water partition coefficient (Wildman–Crippen LogP) is 3.21. The van der Waals surface area contributed by atoms with E-state index in [1.54, 1.807) is 6.26 Å². The van der Waals surface area contributed by atoms with Gasteiger partial charge in [-0.3, -0.25) is 0 Å². The topological polar surface area (TPSA) is 90.9 Å². The minimum atomic E-state index is -0.818. The SMILES string of the molecule is C[C@]12CCC(O)CC1CCC1C2C(O)C[C@]2(C)C(c3ccc(=O)oc3)CC[C@]12O. The Bertz CT molecular complexity index is 829. The second kappa shape index (κ2) is 6.41.